The number of hydrogen-bond acceptors (Lipinski definition) is 6. The quantitative estimate of drug-likeness (QED) is 0.282. The van der Waals surface area contributed by atoms with Crippen LogP contribution in [0.2, 0.25) is 0 Å². The van der Waals surface area contributed by atoms with Crippen molar-refractivity contribution < 1.29 is 10.1 Å². The van der Waals surface area contributed by atoms with Crippen LogP contribution in [-0.4, -0.2) is 28.5 Å². The number of nitrogens with zero attached hydrogens (tertiary/aromatic N) is 3. The second kappa shape index (κ2) is 9.61. The molecule has 1 saturated heterocycles. The summed E-state index contributed by atoms with van der Waals surface area (Å²) in [5.74, 6) is 0.664. The van der Waals surface area contributed by atoms with Gasteiger partial charge in [0.25, 0.3) is 0 Å². The van der Waals surface area contributed by atoms with Crippen molar-refractivity contribution >= 4 is 17.0 Å². The summed E-state index contributed by atoms with van der Waals surface area (Å²) < 4.78 is 0. The first-order valence-electron chi connectivity index (χ1n) is 10.9. The van der Waals surface area contributed by atoms with E-state index in [4.69, 9.17) is 5.26 Å². The van der Waals surface area contributed by atoms with Gasteiger partial charge >= 0.3 is 0 Å². The molecular formula is C26H25N3O2S. The Morgan fingerprint density at radius 2 is 1.41 bits per heavy atom. The van der Waals surface area contributed by atoms with Gasteiger partial charge in [0.15, 0.2) is 0 Å². The fourth-order valence-electron chi connectivity index (χ4n) is 4.29. The van der Waals surface area contributed by atoms with Gasteiger partial charge in [-0.25, -0.2) is 4.89 Å². The van der Waals surface area contributed by atoms with Gasteiger partial charge in [-0.2, -0.15) is 0 Å². The van der Waals surface area contributed by atoms with Crippen LogP contribution in [0.4, 0.5) is 5.69 Å². The predicted molar refractivity (Wildman–Crippen MR) is 129 cm³/mol. The van der Waals surface area contributed by atoms with Crippen LogP contribution in [0.3, 0.4) is 0 Å². The second-order valence-electron chi connectivity index (χ2n) is 8.10. The van der Waals surface area contributed by atoms with Crippen LogP contribution in [0.1, 0.15) is 29.9 Å². The molecule has 0 saturated carbocycles. The van der Waals surface area contributed by atoms with Gasteiger partial charge in [0, 0.05) is 29.9 Å². The molecule has 0 spiro atoms. The molecule has 0 radical (unpaired) electrons. The van der Waals surface area contributed by atoms with Crippen molar-refractivity contribution in [3.8, 4) is 21.1 Å². The summed E-state index contributed by atoms with van der Waals surface area (Å²) in [6, 6.07) is 27.3. The summed E-state index contributed by atoms with van der Waals surface area (Å²) in [5.41, 5.74) is 5.73. The van der Waals surface area contributed by atoms with E-state index in [0.717, 1.165) is 39.8 Å². The molecule has 1 fully saturated rings. The van der Waals surface area contributed by atoms with Crippen LogP contribution in [-0.2, 0) is 11.5 Å². The van der Waals surface area contributed by atoms with E-state index in [0.29, 0.717) is 5.92 Å². The zero-order chi connectivity index (χ0) is 21.8. The molecule has 0 bridgehead atoms. The summed E-state index contributed by atoms with van der Waals surface area (Å²) >= 11 is 1.58. The highest BCUT2D eigenvalue weighted by Gasteiger charge is 2.20. The summed E-state index contributed by atoms with van der Waals surface area (Å²) in [4.78, 5) is 6.66. The fraction of sp³-hybridized carbons (Fsp3) is 0.231. The van der Waals surface area contributed by atoms with E-state index in [2.05, 4.69) is 74.6 Å². The molecular weight excluding hydrogens is 418 g/mol. The maximum atomic E-state index is 8.57. The molecule has 5 rings (SSSR count). The molecule has 1 aliphatic heterocycles. The van der Waals surface area contributed by atoms with E-state index in [-0.39, 0.29) is 6.61 Å². The van der Waals surface area contributed by atoms with Crippen molar-refractivity contribution in [2.45, 2.75) is 25.4 Å². The normalized spacial score (nSPS) is 14.6. The number of benzene rings is 3. The molecule has 5 nitrogen and oxygen atoms in total. The third-order valence-electron chi connectivity index (χ3n) is 6.10. The van der Waals surface area contributed by atoms with Crippen LogP contribution in [0.15, 0.2) is 78.9 Å². The molecule has 0 amide bonds. The van der Waals surface area contributed by atoms with Crippen molar-refractivity contribution in [2.24, 2.45) is 0 Å². The topological polar surface area (TPSA) is 58.5 Å². The Kier molecular flexibility index (Phi) is 6.25. The van der Waals surface area contributed by atoms with Gasteiger partial charge in [-0.15, -0.1) is 10.2 Å². The lowest BCUT2D eigenvalue weighted by Crippen LogP contribution is -2.32. The van der Waals surface area contributed by atoms with Gasteiger partial charge in [-0.05, 0) is 54.2 Å². The average molecular weight is 444 g/mol. The smallest absolute Gasteiger partial charge is 0.148 e. The van der Waals surface area contributed by atoms with E-state index < -0.39 is 0 Å². The minimum Gasteiger partial charge on any atom is -0.371 e. The van der Waals surface area contributed by atoms with Crippen LogP contribution in [0, 0.1) is 0 Å². The van der Waals surface area contributed by atoms with E-state index in [9.17, 15) is 0 Å². The fourth-order valence-corrected chi connectivity index (χ4v) is 5.14. The van der Waals surface area contributed by atoms with Gasteiger partial charge in [0.05, 0.1) is 0 Å². The minimum atomic E-state index is 0.178. The number of anilines is 1. The second-order valence-corrected chi connectivity index (χ2v) is 9.08. The molecule has 0 atom stereocenters. The average Bonchev–Trinajstić information content (AvgIpc) is 3.36. The van der Waals surface area contributed by atoms with E-state index in [1.807, 2.05) is 24.3 Å². The van der Waals surface area contributed by atoms with E-state index >= 15 is 0 Å². The highest BCUT2D eigenvalue weighted by atomic mass is 32.1. The van der Waals surface area contributed by atoms with E-state index in [1.54, 1.807) is 11.3 Å². The molecule has 1 aliphatic rings. The first-order chi connectivity index (χ1) is 15.8. The molecule has 1 N–H and O–H groups in total. The van der Waals surface area contributed by atoms with Crippen molar-refractivity contribution in [3.05, 3.63) is 90.0 Å². The maximum absolute atomic E-state index is 8.57. The lowest BCUT2D eigenvalue weighted by molar-refractivity contribution is -0.253. The Morgan fingerprint density at radius 1 is 0.812 bits per heavy atom. The zero-order valence-electron chi connectivity index (χ0n) is 17.7. The first kappa shape index (κ1) is 20.8. The molecule has 4 aromatic rings. The third kappa shape index (κ3) is 4.58. The molecule has 0 unspecified atom stereocenters. The minimum absolute atomic E-state index is 0.178. The number of aromatic nitrogens is 2. The van der Waals surface area contributed by atoms with Gasteiger partial charge in [-0.1, -0.05) is 65.9 Å². The van der Waals surface area contributed by atoms with Gasteiger partial charge in [0.2, 0.25) is 0 Å². The highest BCUT2D eigenvalue weighted by Crippen LogP contribution is 2.33. The molecule has 2 heterocycles. The molecule has 6 heteroatoms. The highest BCUT2D eigenvalue weighted by molar-refractivity contribution is 7.17. The van der Waals surface area contributed by atoms with Crippen LogP contribution in [0.25, 0.3) is 21.1 Å². The standard InChI is InChI=1S/C26H25N3O2S/c30-31-18-19-6-8-22(9-7-19)25-27-28-26(32-25)23-10-12-24(13-11-23)29-16-14-21(15-17-29)20-4-2-1-3-5-20/h1-13,21,30H,14-18H2. The Morgan fingerprint density at radius 3 is 2.00 bits per heavy atom. The Labute approximate surface area is 191 Å². The summed E-state index contributed by atoms with van der Waals surface area (Å²) in [7, 11) is 0. The van der Waals surface area contributed by atoms with Crippen molar-refractivity contribution in [1.29, 1.82) is 0 Å². The summed E-state index contributed by atoms with van der Waals surface area (Å²) in [5, 5.41) is 19.1. The predicted octanol–water partition coefficient (Wildman–Crippen LogP) is 6.25. The molecule has 162 valence electrons. The SMILES string of the molecule is OOCc1ccc(-c2nnc(-c3ccc(N4CCC(c5ccccc5)CC4)cc3)s2)cc1. The lowest BCUT2D eigenvalue weighted by Gasteiger charge is -2.34. The molecule has 1 aromatic heterocycles. The van der Waals surface area contributed by atoms with Gasteiger partial charge in [0.1, 0.15) is 16.6 Å². The number of piperidine rings is 1. The Balaban J connectivity index is 1.24. The van der Waals surface area contributed by atoms with Crippen molar-refractivity contribution in [1.82, 2.24) is 10.2 Å². The molecule has 0 aliphatic carbocycles. The lowest BCUT2D eigenvalue weighted by atomic mass is 9.89. The van der Waals surface area contributed by atoms with Crippen molar-refractivity contribution in [3.63, 3.8) is 0 Å². The zero-order valence-corrected chi connectivity index (χ0v) is 18.5. The maximum Gasteiger partial charge on any atom is 0.148 e. The molecule has 32 heavy (non-hydrogen) atoms. The third-order valence-corrected chi connectivity index (χ3v) is 7.12. The monoisotopic (exact) mass is 443 g/mol. The van der Waals surface area contributed by atoms with Crippen molar-refractivity contribution in [2.75, 3.05) is 18.0 Å². The van der Waals surface area contributed by atoms with Gasteiger partial charge in [-0.3, -0.25) is 5.26 Å². The number of hydrogen-bond donors (Lipinski definition) is 1. The van der Waals surface area contributed by atoms with E-state index in [1.165, 1.54) is 24.1 Å². The van der Waals surface area contributed by atoms with Crippen LogP contribution in [0.5, 0.6) is 0 Å². The Hall–Kier alpha value is -3.06. The van der Waals surface area contributed by atoms with Gasteiger partial charge < -0.3 is 4.90 Å². The van der Waals surface area contributed by atoms with Crippen LogP contribution < -0.4 is 4.90 Å². The largest absolute Gasteiger partial charge is 0.371 e. The summed E-state index contributed by atoms with van der Waals surface area (Å²) in [6.07, 6.45) is 2.38. The van der Waals surface area contributed by atoms with Crippen LogP contribution >= 0.6 is 11.3 Å². The Bertz CT molecular complexity index is 1140. The number of rotatable bonds is 6. The molecule has 3 aromatic carbocycles. The first-order valence-corrected chi connectivity index (χ1v) is 11.7. The summed E-state index contributed by atoms with van der Waals surface area (Å²) in [6.45, 7) is 2.34.